The standard InChI is InChI=1S/C26H19BrClNO5/c1-3-32-22-14-16(12-20(27)23(22)33-25(30)18-8-10-19(28)11-9-18)13-21-26(31)34-24(29-21)17-6-4-15(2)5-7-17/h4-14H,3H2,1-2H3/b21-13-. The molecular weight excluding hydrogens is 522 g/mol. The highest BCUT2D eigenvalue weighted by atomic mass is 79.9. The van der Waals surface area contributed by atoms with Crippen LogP contribution in [-0.4, -0.2) is 24.4 Å². The lowest BCUT2D eigenvalue weighted by Gasteiger charge is -2.13. The Balaban J connectivity index is 1.63. The van der Waals surface area contributed by atoms with E-state index < -0.39 is 11.9 Å². The molecular formula is C26H19BrClNO5. The highest BCUT2D eigenvalue weighted by Gasteiger charge is 2.25. The van der Waals surface area contributed by atoms with Gasteiger partial charge in [0, 0.05) is 10.6 Å². The van der Waals surface area contributed by atoms with Crippen LogP contribution in [0.25, 0.3) is 6.08 Å². The molecule has 1 aliphatic heterocycles. The Kier molecular flexibility index (Phi) is 7.14. The number of carbonyl (C=O) groups excluding carboxylic acids is 2. The van der Waals surface area contributed by atoms with Gasteiger partial charge in [-0.3, -0.25) is 0 Å². The van der Waals surface area contributed by atoms with Gasteiger partial charge in [-0.05, 0) is 89.9 Å². The summed E-state index contributed by atoms with van der Waals surface area (Å²) in [5.74, 6) is -0.310. The monoisotopic (exact) mass is 539 g/mol. The third-order valence-corrected chi connectivity index (χ3v) is 5.67. The topological polar surface area (TPSA) is 74.2 Å². The van der Waals surface area contributed by atoms with Crippen molar-refractivity contribution in [2.75, 3.05) is 6.61 Å². The fraction of sp³-hybridized carbons (Fsp3) is 0.115. The number of halogens is 2. The summed E-state index contributed by atoms with van der Waals surface area (Å²) in [5, 5.41) is 0.517. The first-order chi connectivity index (χ1) is 16.3. The summed E-state index contributed by atoms with van der Waals surface area (Å²) in [4.78, 5) is 29.3. The summed E-state index contributed by atoms with van der Waals surface area (Å²) < 4.78 is 17.1. The van der Waals surface area contributed by atoms with E-state index in [0.29, 0.717) is 38.5 Å². The van der Waals surface area contributed by atoms with Gasteiger partial charge >= 0.3 is 11.9 Å². The van der Waals surface area contributed by atoms with Crippen LogP contribution in [0, 0.1) is 6.92 Å². The summed E-state index contributed by atoms with van der Waals surface area (Å²) in [6.07, 6.45) is 1.58. The fourth-order valence-electron chi connectivity index (χ4n) is 3.16. The molecule has 0 bridgehead atoms. The van der Waals surface area contributed by atoms with Crippen molar-refractivity contribution in [2.45, 2.75) is 13.8 Å². The number of esters is 2. The maximum absolute atomic E-state index is 12.6. The molecule has 0 N–H and O–H groups in total. The van der Waals surface area contributed by atoms with Crippen molar-refractivity contribution in [1.82, 2.24) is 0 Å². The van der Waals surface area contributed by atoms with E-state index in [1.165, 1.54) is 0 Å². The maximum atomic E-state index is 12.6. The van der Waals surface area contributed by atoms with E-state index in [0.717, 1.165) is 5.56 Å². The molecule has 3 aromatic rings. The van der Waals surface area contributed by atoms with Crippen LogP contribution in [0.4, 0.5) is 0 Å². The largest absolute Gasteiger partial charge is 0.490 e. The van der Waals surface area contributed by atoms with Gasteiger partial charge in [-0.1, -0.05) is 29.3 Å². The van der Waals surface area contributed by atoms with Crippen LogP contribution in [-0.2, 0) is 9.53 Å². The van der Waals surface area contributed by atoms with Crippen molar-refractivity contribution in [1.29, 1.82) is 0 Å². The molecule has 1 heterocycles. The van der Waals surface area contributed by atoms with Crippen LogP contribution >= 0.6 is 27.5 Å². The van der Waals surface area contributed by atoms with Gasteiger partial charge in [-0.2, -0.15) is 0 Å². The van der Waals surface area contributed by atoms with E-state index in [1.54, 1.807) is 42.5 Å². The molecule has 3 aromatic carbocycles. The van der Waals surface area contributed by atoms with Gasteiger partial charge in [0.05, 0.1) is 16.6 Å². The Morgan fingerprint density at radius 3 is 2.50 bits per heavy atom. The number of rotatable bonds is 6. The number of aliphatic imine (C=N–C) groups is 1. The van der Waals surface area contributed by atoms with Crippen LogP contribution in [0.5, 0.6) is 11.5 Å². The zero-order valence-electron chi connectivity index (χ0n) is 18.3. The van der Waals surface area contributed by atoms with Gasteiger partial charge < -0.3 is 14.2 Å². The highest BCUT2D eigenvalue weighted by molar-refractivity contribution is 9.10. The predicted octanol–water partition coefficient (Wildman–Crippen LogP) is 6.37. The van der Waals surface area contributed by atoms with Gasteiger partial charge in [0.2, 0.25) is 5.90 Å². The van der Waals surface area contributed by atoms with Crippen LogP contribution in [0.3, 0.4) is 0 Å². The minimum absolute atomic E-state index is 0.149. The number of benzene rings is 3. The van der Waals surface area contributed by atoms with Crippen LogP contribution in [0.2, 0.25) is 5.02 Å². The van der Waals surface area contributed by atoms with E-state index in [1.807, 2.05) is 38.1 Å². The van der Waals surface area contributed by atoms with E-state index in [4.69, 9.17) is 25.8 Å². The molecule has 0 saturated heterocycles. The average molecular weight is 541 g/mol. The second-order valence-corrected chi connectivity index (χ2v) is 8.65. The van der Waals surface area contributed by atoms with Gasteiger partial charge in [-0.15, -0.1) is 0 Å². The molecule has 0 saturated carbocycles. The fourth-order valence-corrected chi connectivity index (χ4v) is 3.82. The SMILES string of the molecule is CCOc1cc(/C=C2\N=C(c3ccc(C)cc3)OC2=O)cc(Br)c1OC(=O)c1ccc(Cl)cc1. The third kappa shape index (κ3) is 5.38. The van der Waals surface area contributed by atoms with Gasteiger partial charge in [0.25, 0.3) is 0 Å². The summed E-state index contributed by atoms with van der Waals surface area (Å²) in [6, 6.07) is 17.3. The molecule has 0 amide bonds. The molecule has 0 spiro atoms. The first-order valence-electron chi connectivity index (χ1n) is 10.4. The number of hydrogen-bond donors (Lipinski definition) is 0. The molecule has 0 atom stereocenters. The average Bonchev–Trinajstić information content (AvgIpc) is 3.17. The molecule has 0 aliphatic carbocycles. The van der Waals surface area contributed by atoms with Crippen LogP contribution in [0.1, 0.15) is 34.0 Å². The summed E-state index contributed by atoms with van der Waals surface area (Å²) in [7, 11) is 0. The van der Waals surface area contributed by atoms with Gasteiger partial charge in [-0.25, -0.2) is 14.6 Å². The second kappa shape index (κ2) is 10.2. The first-order valence-corrected chi connectivity index (χ1v) is 11.5. The van der Waals surface area contributed by atoms with E-state index in [-0.39, 0.29) is 17.3 Å². The summed E-state index contributed by atoms with van der Waals surface area (Å²) in [5.41, 5.74) is 2.91. The van der Waals surface area contributed by atoms with Crippen molar-refractivity contribution in [2.24, 2.45) is 4.99 Å². The second-order valence-electron chi connectivity index (χ2n) is 7.36. The van der Waals surface area contributed by atoms with Crippen molar-refractivity contribution >= 4 is 51.4 Å². The lowest BCUT2D eigenvalue weighted by molar-refractivity contribution is -0.129. The normalized spacial score (nSPS) is 14.1. The van der Waals surface area contributed by atoms with Crippen molar-refractivity contribution < 1.29 is 23.8 Å². The lowest BCUT2D eigenvalue weighted by Crippen LogP contribution is -2.10. The van der Waals surface area contributed by atoms with E-state index >= 15 is 0 Å². The number of ether oxygens (including phenoxy) is 3. The summed E-state index contributed by atoms with van der Waals surface area (Å²) >= 11 is 9.33. The predicted molar refractivity (Wildman–Crippen MR) is 134 cm³/mol. The van der Waals surface area contributed by atoms with Crippen molar-refractivity contribution in [3.05, 3.63) is 98.1 Å². The minimum atomic E-state index is -0.559. The number of nitrogens with zero attached hydrogens (tertiary/aromatic N) is 1. The van der Waals surface area contributed by atoms with E-state index in [2.05, 4.69) is 20.9 Å². The van der Waals surface area contributed by atoms with Crippen molar-refractivity contribution in [3.8, 4) is 11.5 Å². The molecule has 0 fully saturated rings. The Morgan fingerprint density at radius 2 is 1.82 bits per heavy atom. The molecule has 6 nitrogen and oxygen atoms in total. The minimum Gasteiger partial charge on any atom is -0.490 e. The Labute approximate surface area is 209 Å². The molecule has 4 rings (SSSR count). The smallest absolute Gasteiger partial charge is 0.363 e. The quantitative estimate of drug-likeness (QED) is 0.206. The molecule has 34 heavy (non-hydrogen) atoms. The Morgan fingerprint density at radius 1 is 1.12 bits per heavy atom. The molecule has 8 heteroatoms. The number of hydrogen-bond acceptors (Lipinski definition) is 6. The molecule has 1 aliphatic rings. The number of cyclic esters (lactones) is 1. The lowest BCUT2D eigenvalue weighted by atomic mass is 10.1. The number of carbonyl (C=O) groups is 2. The first kappa shape index (κ1) is 23.7. The Bertz CT molecular complexity index is 1310. The van der Waals surface area contributed by atoms with Gasteiger partial charge in [0.1, 0.15) is 0 Å². The zero-order chi connectivity index (χ0) is 24.2. The van der Waals surface area contributed by atoms with Gasteiger partial charge in [0.15, 0.2) is 17.2 Å². The zero-order valence-corrected chi connectivity index (χ0v) is 20.6. The molecule has 0 radical (unpaired) electrons. The van der Waals surface area contributed by atoms with Crippen LogP contribution in [0.15, 0.2) is 75.8 Å². The van der Waals surface area contributed by atoms with Crippen molar-refractivity contribution in [3.63, 3.8) is 0 Å². The maximum Gasteiger partial charge on any atom is 0.363 e. The third-order valence-electron chi connectivity index (χ3n) is 4.83. The summed E-state index contributed by atoms with van der Waals surface area (Å²) in [6.45, 7) is 4.13. The Hall–Kier alpha value is -3.42. The molecule has 0 aromatic heterocycles. The molecule has 0 unspecified atom stereocenters. The van der Waals surface area contributed by atoms with Crippen LogP contribution < -0.4 is 9.47 Å². The van der Waals surface area contributed by atoms with E-state index in [9.17, 15) is 9.59 Å². The number of aryl methyl sites for hydroxylation is 1. The highest BCUT2D eigenvalue weighted by Crippen LogP contribution is 2.38. The molecule has 172 valence electrons.